The number of Topliss-reactive ketones (excluding diaryl/α,β-unsaturated/α-hetero) is 1. The van der Waals surface area contributed by atoms with Gasteiger partial charge in [-0.3, -0.25) is 9.89 Å². The molecule has 6 nitrogen and oxygen atoms in total. The van der Waals surface area contributed by atoms with Crippen LogP contribution in [0.1, 0.15) is 76.4 Å². The zero-order valence-electron chi connectivity index (χ0n) is 14.5. The van der Waals surface area contributed by atoms with Crippen molar-refractivity contribution in [2.24, 2.45) is 0 Å². The summed E-state index contributed by atoms with van der Waals surface area (Å²) in [4.78, 5) is 24.7. The minimum absolute atomic E-state index is 0.128. The zero-order chi connectivity index (χ0) is 17.4. The van der Waals surface area contributed by atoms with Gasteiger partial charge in [-0.05, 0) is 38.7 Å². The van der Waals surface area contributed by atoms with Crippen LogP contribution in [0.25, 0.3) is 0 Å². The minimum Gasteiger partial charge on any atom is -0.454 e. The van der Waals surface area contributed by atoms with Gasteiger partial charge in [-0.1, -0.05) is 13.8 Å². The Morgan fingerprint density at radius 2 is 2.04 bits per heavy atom. The largest absolute Gasteiger partial charge is 0.454 e. The molecular formula is C18H23N3O3. The maximum Gasteiger partial charge on any atom is 0.342 e. The van der Waals surface area contributed by atoms with Crippen molar-refractivity contribution < 1.29 is 14.3 Å². The summed E-state index contributed by atoms with van der Waals surface area (Å²) in [5.74, 6) is -0.557. The van der Waals surface area contributed by atoms with Crippen molar-refractivity contribution in [1.82, 2.24) is 14.8 Å². The van der Waals surface area contributed by atoms with Gasteiger partial charge in [0.2, 0.25) is 5.78 Å². The summed E-state index contributed by atoms with van der Waals surface area (Å²) < 4.78 is 7.43. The molecule has 2 aromatic rings. The van der Waals surface area contributed by atoms with Crippen LogP contribution in [0.4, 0.5) is 0 Å². The second kappa shape index (κ2) is 6.26. The summed E-state index contributed by atoms with van der Waals surface area (Å²) >= 11 is 0. The standard InChI is InChI=1S/C18H23N3O3/c1-10(2)17-15(8-19-20-17)18(23)24-9-16(22)14-7-11(3)21(12(14)4)13-5-6-13/h7-8,10,13H,5-6,9H2,1-4H3,(H,19,20). The Morgan fingerprint density at radius 1 is 1.33 bits per heavy atom. The summed E-state index contributed by atoms with van der Waals surface area (Å²) in [6, 6.07) is 2.41. The summed E-state index contributed by atoms with van der Waals surface area (Å²) in [5, 5.41) is 6.70. The lowest BCUT2D eigenvalue weighted by molar-refractivity contribution is 0.0473. The first-order valence-corrected chi connectivity index (χ1v) is 8.32. The number of carbonyl (C=O) groups excluding carboxylic acids is 2. The molecule has 0 atom stereocenters. The van der Waals surface area contributed by atoms with Gasteiger partial charge in [0.25, 0.3) is 0 Å². The monoisotopic (exact) mass is 329 g/mol. The molecule has 1 aliphatic rings. The van der Waals surface area contributed by atoms with E-state index in [1.165, 1.54) is 6.20 Å². The summed E-state index contributed by atoms with van der Waals surface area (Å²) in [6.07, 6.45) is 3.77. The molecule has 6 heteroatoms. The van der Waals surface area contributed by atoms with Gasteiger partial charge in [0.15, 0.2) is 6.61 Å². The molecule has 2 heterocycles. The predicted molar refractivity (Wildman–Crippen MR) is 89.5 cm³/mol. The van der Waals surface area contributed by atoms with Crippen LogP contribution in [-0.4, -0.2) is 33.1 Å². The molecule has 0 saturated heterocycles. The van der Waals surface area contributed by atoms with Gasteiger partial charge in [-0.15, -0.1) is 0 Å². The molecule has 128 valence electrons. The number of ether oxygens (including phenoxy) is 1. The van der Waals surface area contributed by atoms with Crippen molar-refractivity contribution in [2.45, 2.75) is 52.5 Å². The van der Waals surface area contributed by atoms with Gasteiger partial charge in [0, 0.05) is 23.0 Å². The minimum atomic E-state index is -0.517. The van der Waals surface area contributed by atoms with Crippen molar-refractivity contribution in [3.8, 4) is 0 Å². The van der Waals surface area contributed by atoms with Crippen molar-refractivity contribution in [1.29, 1.82) is 0 Å². The molecule has 1 fully saturated rings. The first kappa shape index (κ1) is 16.5. The van der Waals surface area contributed by atoms with Gasteiger partial charge in [-0.25, -0.2) is 4.79 Å². The number of hydrogen-bond acceptors (Lipinski definition) is 4. The van der Waals surface area contributed by atoms with Crippen LogP contribution in [0.2, 0.25) is 0 Å². The molecule has 3 rings (SSSR count). The number of aromatic amines is 1. The number of H-pyrrole nitrogens is 1. The first-order chi connectivity index (χ1) is 11.4. The van der Waals surface area contributed by atoms with Crippen LogP contribution in [-0.2, 0) is 4.74 Å². The predicted octanol–water partition coefficient (Wildman–Crippen LogP) is 3.33. The van der Waals surface area contributed by atoms with Gasteiger partial charge < -0.3 is 9.30 Å². The van der Waals surface area contributed by atoms with E-state index in [4.69, 9.17) is 4.74 Å². The molecule has 0 amide bonds. The SMILES string of the molecule is Cc1cc(C(=O)COC(=O)c2cn[nH]c2C(C)C)c(C)n1C1CC1. The Balaban J connectivity index is 1.68. The highest BCUT2D eigenvalue weighted by atomic mass is 16.5. The van der Waals surface area contributed by atoms with Gasteiger partial charge >= 0.3 is 5.97 Å². The van der Waals surface area contributed by atoms with E-state index < -0.39 is 5.97 Å². The molecule has 0 unspecified atom stereocenters. The highest BCUT2D eigenvalue weighted by molar-refractivity contribution is 6.00. The van der Waals surface area contributed by atoms with Crippen molar-refractivity contribution in [3.05, 3.63) is 40.5 Å². The molecule has 0 spiro atoms. The number of carbonyl (C=O) groups is 2. The number of nitrogens with zero attached hydrogens (tertiary/aromatic N) is 2. The van der Waals surface area contributed by atoms with Gasteiger partial charge in [0.05, 0.1) is 11.9 Å². The average molecular weight is 329 g/mol. The zero-order valence-corrected chi connectivity index (χ0v) is 14.5. The molecule has 0 aromatic carbocycles. The third kappa shape index (κ3) is 3.00. The lowest BCUT2D eigenvalue weighted by Gasteiger charge is -2.08. The molecule has 0 bridgehead atoms. The number of nitrogens with one attached hydrogen (secondary N) is 1. The fourth-order valence-corrected chi connectivity index (χ4v) is 3.14. The average Bonchev–Trinajstić information content (AvgIpc) is 3.14. The maximum atomic E-state index is 12.5. The molecule has 24 heavy (non-hydrogen) atoms. The number of aromatic nitrogens is 3. The van der Waals surface area contributed by atoms with E-state index >= 15 is 0 Å². The highest BCUT2D eigenvalue weighted by Crippen LogP contribution is 2.38. The van der Waals surface area contributed by atoms with Gasteiger partial charge in [-0.2, -0.15) is 5.10 Å². The number of aryl methyl sites for hydroxylation is 1. The van der Waals surface area contributed by atoms with Crippen LogP contribution < -0.4 is 0 Å². The second-order valence-electron chi connectivity index (χ2n) is 6.74. The Bertz CT molecular complexity index is 782. The molecule has 1 aliphatic carbocycles. The highest BCUT2D eigenvalue weighted by Gasteiger charge is 2.28. The maximum absolute atomic E-state index is 12.5. The van der Waals surface area contributed by atoms with Crippen LogP contribution in [0.5, 0.6) is 0 Å². The van der Waals surface area contributed by atoms with E-state index in [-0.39, 0.29) is 18.3 Å². The van der Waals surface area contributed by atoms with Crippen LogP contribution in [0, 0.1) is 13.8 Å². The Hall–Kier alpha value is -2.37. The van der Waals surface area contributed by atoms with Crippen LogP contribution in [0.3, 0.4) is 0 Å². The fourth-order valence-electron chi connectivity index (χ4n) is 3.14. The van der Waals surface area contributed by atoms with Crippen LogP contribution >= 0.6 is 0 Å². The molecular weight excluding hydrogens is 306 g/mol. The van der Waals surface area contributed by atoms with E-state index in [0.717, 1.165) is 29.9 Å². The van der Waals surface area contributed by atoms with E-state index in [9.17, 15) is 9.59 Å². The summed E-state index contributed by atoms with van der Waals surface area (Å²) in [6.45, 7) is 7.63. The Kier molecular flexibility index (Phi) is 4.30. The first-order valence-electron chi connectivity index (χ1n) is 8.32. The summed E-state index contributed by atoms with van der Waals surface area (Å²) in [7, 11) is 0. The van der Waals surface area contributed by atoms with E-state index in [0.29, 0.717) is 17.2 Å². The molecule has 0 radical (unpaired) electrons. The fraction of sp³-hybridized carbons (Fsp3) is 0.500. The molecule has 2 aromatic heterocycles. The molecule has 1 N–H and O–H groups in total. The van der Waals surface area contributed by atoms with Crippen LogP contribution in [0.15, 0.2) is 12.3 Å². The Morgan fingerprint density at radius 3 is 2.67 bits per heavy atom. The lowest BCUT2D eigenvalue weighted by Crippen LogP contribution is -2.16. The van der Waals surface area contributed by atoms with E-state index in [2.05, 4.69) is 14.8 Å². The number of rotatable bonds is 6. The smallest absolute Gasteiger partial charge is 0.342 e. The quantitative estimate of drug-likeness (QED) is 0.651. The lowest BCUT2D eigenvalue weighted by atomic mass is 10.1. The van der Waals surface area contributed by atoms with Gasteiger partial charge in [0.1, 0.15) is 5.56 Å². The number of hydrogen-bond donors (Lipinski definition) is 1. The third-order valence-electron chi connectivity index (χ3n) is 4.50. The van der Waals surface area contributed by atoms with Crippen molar-refractivity contribution in [3.63, 3.8) is 0 Å². The number of esters is 1. The van der Waals surface area contributed by atoms with E-state index in [1.54, 1.807) is 0 Å². The molecule has 1 saturated carbocycles. The third-order valence-corrected chi connectivity index (χ3v) is 4.50. The topological polar surface area (TPSA) is 77.0 Å². The molecule has 0 aliphatic heterocycles. The number of ketones is 1. The second-order valence-corrected chi connectivity index (χ2v) is 6.74. The van der Waals surface area contributed by atoms with Crippen molar-refractivity contribution >= 4 is 11.8 Å². The summed E-state index contributed by atoms with van der Waals surface area (Å²) in [5.41, 5.74) is 3.80. The normalized spacial score (nSPS) is 14.2. The van der Waals surface area contributed by atoms with E-state index in [1.807, 2.05) is 33.8 Å². The Labute approximate surface area is 141 Å². The van der Waals surface area contributed by atoms with Crippen molar-refractivity contribution in [2.75, 3.05) is 6.61 Å².